The summed E-state index contributed by atoms with van der Waals surface area (Å²) in [5.41, 5.74) is 0.320. The lowest BCUT2D eigenvalue weighted by molar-refractivity contribution is -0.0219. The van der Waals surface area contributed by atoms with Crippen LogP contribution in [0.15, 0.2) is 0 Å². The Morgan fingerprint density at radius 3 is 2.89 bits per heavy atom. The van der Waals surface area contributed by atoms with Gasteiger partial charge in [0.05, 0.1) is 19.8 Å². The highest BCUT2D eigenvalue weighted by Gasteiger charge is 2.37. The maximum absolute atomic E-state index is 5.67. The molecule has 2 rings (SSSR count). The Hall–Kier alpha value is -0.160. The number of ether oxygens (including phenoxy) is 2. The number of morpholine rings is 1. The fourth-order valence-electron chi connectivity index (χ4n) is 2.93. The van der Waals surface area contributed by atoms with Crippen molar-refractivity contribution < 1.29 is 9.47 Å². The molecule has 18 heavy (non-hydrogen) atoms. The first-order chi connectivity index (χ1) is 8.76. The second kappa shape index (κ2) is 6.85. The van der Waals surface area contributed by atoms with Gasteiger partial charge in [-0.05, 0) is 26.3 Å². The van der Waals surface area contributed by atoms with Gasteiger partial charge in [0, 0.05) is 37.7 Å². The van der Waals surface area contributed by atoms with E-state index in [2.05, 4.69) is 24.1 Å². The number of nitrogens with one attached hydrogen (secondary N) is 1. The van der Waals surface area contributed by atoms with E-state index in [1.54, 1.807) is 0 Å². The van der Waals surface area contributed by atoms with E-state index in [4.69, 9.17) is 9.47 Å². The lowest BCUT2D eigenvalue weighted by Crippen LogP contribution is -2.51. The highest BCUT2D eigenvalue weighted by Crippen LogP contribution is 2.30. The molecule has 2 aliphatic rings. The molecule has 106 valence electrons. The van der Waals surface area contributed by atoms with Crippen molar-refractivity contribution >= 4 is 0 Å². The standard InChI is InChI=1S/C14H28N2O2/c1-3-5-15-10-14(4-7-18-12-14)11-16-6-8-17-9-13(16)2/h13,15H,3-12H2,1-2H3. The van der Waals surface area contributed by atoms with Crippen molar-refractivity contribution in [2.45, 2.75) is 32.7 Å². The quantitative estimate of drug-likeness (QED) is 0.722. The number of nitrogens with zero attached hydrogens (tertiary/aromatic N) is 1. The first kappa shape index (κ1) is 14.3. The average Bonchev–Trinajstić information content (AvgIpc) is 2.82. The Labute approximate surface area is 111 Å². The minimum Gasteiger partial charge on any atom is -0.381 e. The average molecular weight is 256 g/mol. The molecule has 1 N–H and O–H groups in total. The fraction of sp³-hybridized carbons (Fsp3) is 1.00. The van der Waals surface area contributed by atoms with Crippen LogP contribution in [0.3, 0.4) is 0 Å². The van der Waals surface area contributed by atoms with Gasteiger partial charge in [-0.15, -0.1) is 0 Å². The zero-order valence-corrected chi connectivity index (χ0v) is 11.9. The van der Waals surface area contributed by atoms with Crippen molar-refractivity contribution in [2.75, 3.05) is 52.6 Å². The molecule has 0 spiro atoms. The van der Waals surface area contributed by atoms with Crippen LogP contribution >= 0.6 is 0 Å². The molecule has 2 heterocycles. The Morgan fingerprint density at radius 2 is 2.22 bits per heavy atom. The largest absolute Gasteiger partial charge is 0.381 e. The maximum atomic E-state index is 5.67. The van der Waals surface area contributed by atoms with Gasteiger partial charge in [-0.3, -0.25) is 4.90 Å². The van der Waals surface area contributed by atoms with Crippen molar-refractivity contribution in [3.63, 3.8) is 0 Å². The third kappa shape index (κ3) is 3.67. The van der Waals surface area contributed by atoms with Crippen molar-refractivity contribution in [2.24, 2.45) is 5.41 Å². The maximum Gasteiger partial charge on any atom is 0.0619 e. The molecule has 0 bridgehead atoms. The predicted octanol–water partition coefficient (Wildman–Crippen LogP) is 1.11. The summed E-state index contributed by atoms with van der Waals surface area (Å²) >= 11 is 0. The first-order valence-corrected chi connectivity index (χ1v) is 7.36. The molecule has 0 amide bonds. The summed E-state index contributed by atoms with van der Waals surface area (Å²) in [4.78, 5) is 2.58. The Morgan fingerprint density at radius 1 is 1.33 bits per heavy atom. The van der Waals surface area contributed by atoms with Gasteiger partial charge in [0.25, 0.3) is 0 Å². The Bertz CT molecular complexity index is 242. The van der Waals surface area contributed by atoms with E-state index in [9.17, 15) is 0 Å². The van der Waals surface area contributed by atoms with E-state index < -0.39 is 0 Å². The van der Waals surface area contributed by atoms with E-state index in [1.165, 1.54) is 12.8 Å². The van der Waals surface area contributed by atoms with E-state index >= 15 is 0 Å². The molecule has 4 heteroatoms. The SMILES string of the molecule is CCCNCC1(CN2CCOCC2C)CCOC1. The summed E-state index contributed by atoms with van der Waals surface area (Å²) in [6.45, 7) is 12.5. The van der Waals surface area contributed by atoms with Crippen molar-refractivity contribution in [3.8, 4) is 0 Å². The highest BCUT2D eigenvalue weighted by molar-refractivity contribution is 4.90. The summed E-state index contributed by atoms with van der Waals surface area (Å²) in [7, 11) is 0. The van der Waals surface area contributed by atoms with Crippen LogP contribution in [0, 0.1) is 5.41 Å². The van der Waals surface area contributed by atoms with Crippen LogP contribution in [0.4, 0.5) is 0 Å². The molecule has 2 atom stereocenters. The van der Waals surface area contributed by atoms with Gasteiger partial charge in [0.1, 0.15) is 0 Å². The van der Waals surface area contributed by atoms with Crippen molar-refractivity contribution in [1.29, 1.82) is 0 Å². The van der Waals surface area contributed by atoms with Gasteiger partial charge < -0.3 is 14.8 Å². The minimum atomic E-state index is 0.320. The van der Waals surface area contributed by atoms with E-state index in [-0.39, 0.29) is 0 Å². The molecule has 2 saturated heterocycles. The Balaban J connectivity index is 1.88. The second-order valence-electron chi connectivity index (χ2n) is 5.87. The summed E-state index contributed by atoms with van der Waals surface area (Å²) in [6.07, 6.45) is 2.39. The molecule has 2 unspecified atom stereocenters. The summed E-state index contributed by atoms with van der Waals surface area (Å²) in [6, 6.07) is 0.544. The predicted molar refractivity (Wildman–Crippen MR) is 72.9 cm³/mol. The van der Waals surface area contributed by atoms with Gasteiger partial charge in [-0.2, -0.15) is 0 Å². The summed E-state index contributed by atoms with van der Waals surface area (Å²) < 4.78 is 11.2. The Kier molecular flexibility index (Phi) is 5.42. The van der Waals surface area contributed by atoms with E-state index in [1.807, 2.05) is 0 Å². The van der Waals surface area contributed by atoms with Gasteiger partial charge in [0.2, 0.25) is 0 Å². The zero-order chi connectivity index (χ0) is 12.8. The third-order valence-electron chi connectivity index (χ3n) is 4.16. The zero-order valence-electron chi connectivity index (χ0n) is 11.9. The van der Waals surface area contributed by atoms with E-state index in [0.717, 1.165) is 52.6 Å². The molecular formula is C14H28N2O2. The topological polar surface area (TPSA) is 33.7 Å². The number of rotatable bonds is 6. The highest BCUT2D eigenvalue weighted by atomic mass is 16.5. The van der Waals surface area contributed by atoms with Crippen molar-refractivity contribution in [1.82, 2.24) is 10.2 Å². The molecule has 0 aromatic carbocycles. The van der Waals surface area contributed by atoms with Crippen LogP contribution in [0.2, 0.25) is 0 Å². The summed E-state index contributed by atoms with van der Waals surface area (Å²) in [5, 5.41) is 3.58. The van der Waals surface area contributed by atoms with Gasteiger partial charge in [-0.1, -0.05) is 6.92 Å². The molecule has 0 aliphatic carbocycles. The molecular weight excluding hydrogens is 228 g/mol. The number of hydrogen-bond acceptors (Lipinski definition) is 4. The van der Waals surface area contributed by atoms with Crippen LogP contribution in [-0.2, 0) is 9.47 Å². The normalized spacial score (nSPS) is 34.0. The smallest absolute Gasteiger partial charge is 0.0619 e. The molecule has 4 nitrogen and oxygen atoms in total. The first-order valence-electron chi connectivity index (χ1n) is 7.36. The van der Waals surface area contributed by atoms with Crippen LogP contribution in [-0.4, -0.2) is 63.5 Å². The van der Waals surface area contributed by atoms with Gasteiger partial charge >= 0.3 is 0 Å². The molecule has 2 aliphatic heterocycles. The van der Waals surface area contributed by atoms with Crippen LogP contribution in [0.5, 0.6) is 0 Å². The lowest BCUT2D eigenvalue weighted by atomic mass is 9.86. The lowest BCUT2D eigenvalue weighted by Gasteiger charge is -2.40. The van der Waals surface area contributed by atoms with Crippen molar-refractivity contribution in [3.05, 3.63) is 0 Å². The second-order valence-corrected chi connectivity index (χ2v) is 5.87. The van der Waals surface area contributed by atoms with Gasteiger partial charge in [-0.25, -0.2) is 0 Å². The summed E-state index contributed by atoms with van der Waals surface area (Å²) in [5.74, 6) is 0. The monoisotopic (exact) mass is 256 g/mol. The molecule has 0 radical (unpaired) electrons. The fourth-order valence-corrected chi connectivity index (χ4v) is 2.93. The van der Waals surface area contributed by atoms with Crippen LogP contribution in [0.1, 0.15) is 26.7 Å². The van der Waals surface area contributed by atoms with E-state index in [0.29, 0.717) is 11.5 Å². The molecule has 2 fully saturated rings. The molecule has 0 saturated carbocycles. The molecule has 0 aromatic rings. The molecule has 0 aromatic heterocycles. The van der Waals surface area contributed by atoms with Crippen LogP contribution < -0.4 is 5.32 Å². The number of hydrogen-bond donors (Lipinski definition) is 1. The third-order valence-corrected chi connectivity index (χ3v) is 4.16. The minimum absolute atomic E-state index is 0.320. The van der Waals surface area contributed by atoms with Gasteiger partial charge in [0.15, 0.2) is 0 Å². The van der Waals surface area contributed by atoms with Crippen LogP contribution in [0.25, 0.3) is 0 Å².